The number of nitrogens with one attached hydrogen (secondary N) is 1. The average Bonchev–Trinajstić information content (AvgIpc) is 2.86. The standard InChI is InChI=1S/C14H19N3O6/c18-11-15-4-7-22-9-10-23-8-5-16-12(19)3-6-17-13(20)1-2-14(17)21/h1-2H,3-10H2,(H,16,19). The van der Waals surface area contributed by atoms with Gasteiger partial charge in [0, 0.05) is 31.7 Å². The van der Waals surface area contributed by atoms with Gasteiger partial charge in [0.05, 0.1) is 33.0 Å². The van der Waals surface area contributed by atoms with Gasteiger partial charge in [-0.1, -0.05) is 0 Å². The van der Waals surface area contributed by atoms with Crippen LogP contribution in [0.4, 0.5) is 0 Å². The van der Waals surface area contributed by atoms with E-state index in [1.165, 1.54) is 18.2 Å². The van der Waals surface area contributed by atoms with Crippen LogP contribution >= 0.6 is 0 Å². The van der Waals surface area contributed by atoms with Crippen molar-refractivity contribution >= 4 is 23.8 Å². The van der Waals surface area contributed by atoms with Crippen molar-refractivity contribution in [1.82, 2.24) is 10.2 Å². The highest BCUT2D eigenvalue weighted by Crippen LogP contribution is 2.03. The summed E-state index contributed by atoms with van der Waals surface area (Å²) in [7, 11) is 0. The number of aliphatic imine (C=N–C) groups is 1. The molecule has 0 radical (unpaired) electrons. The van der Waals surface area contributed by atoms with Crippen molar-refractivity contribution in [2.75, 3.05) is 46.1 Å². The minimum Gasteiger partial charge on any atom is -0.377 e. The lowest BCUT2D eigenvalue weighted by Gasteiger charge is -2.13. The van der Waals surface area contributed by atoms with Crippen molar-refractivity contribution < 1.29 is 28.7 Å². The summed E-state index contributed by atoms with van der Waals surface area (Å²) in [5.74, 6) is -1.06. The highest BCUT2D eigenvalue weighted by atomic mass is 16.5. The minimum atomic E-state index is -0.398. The maximum absolute atomic E-state index is 11.5. The first-order chi connectivity index (χ1) is 11.1. The Labute approximate surface area is 133 Å². The Balaban J connectivity index is 1.93. The second kappa shape index (κ2) is 11.2. The molecule has 23 heavy (non-hydrogen) atoms. The Hall–Kier alpha value is -2.35. The van der Waals surface area contributed by atoms with Crippen LogP contribution in [-0.2, 0) is 28.7 Å². The molecule has 0 atom stereocenters. The van der Waals surface area contributed by atoms with E-state index in [-0.39, 0.29) is 25.4 Å². The van der Waals surface area contributed by atoms with E-state index in [0.717, 1.165) is 4.90 Å². The van der Waals surface area contributed by atoms with Gasteiger partial charge >= 0.3 is 0 Å². The summed E-state index contributed by atoms with van der Waals surface area (Å²) in [4.78, 5) is 48.2. The number of hydrogen-bond acceptors (Lipinski definition) is 7. The number of carbonyl (C=O) groups excluding carboxylic acids is 4. The molecule has 1 aliphatic heterocycles. The zero-order chi connectivity index (χ0) is 16.9. The van der Waals surface area contributed by atoms with E-state index < -0.39 is 11.8 Å². The molecule has 1 N–H and O–H groups in total. The molecule has 0 unspecified atom stereocenters. The van der Waals surface area contributed by atoms with Gasteiger partial charge < -0.3 is 14.8 Å². The lowest BCUT2D eigenvalue weighted by molar-refractivity contribution is -0.137. The van der Waals surface area contributed by atoms with Crippen LogP contribution in [0.2, 0.25) is 0 Å². The first-order valence-electron chi connectivity index (χ1n) is 7.14. The maximum atomic E-state index is 11.5. The Kier molecular flexibility index (Phi) is 9.14. The van der Waals surface area contributed by atoms with E-state index in [9.17, 15) is 19.2 Å². The fourth-order valence-electron chi connectivity index (χ4n) is 1.69. The van der Waals surface area contributed by atoms with Crippen LogP contribution in [0.15, 0.2) is 17.1 Å². The first kappa shape index (κ1) is 18.7. The molecule has 0 saturated heterocycles. The molecule has 0 aromatic heterocycles. The molecule has 0 aliphatic carbocycles. The molecule has 9 heteroatoms. The van der Waals surface area contributed by atoms with Crippen LogP contribution in [-0.4, -0.2) is 74.8 Å². The lowest BCUT2D eigenvalue weighted by atomic mass is 10.3. The minimum absolute atomic E-state index is 0.0551. The smallest absolute Gasteiger partial charge is 0.253 e. The molecular formula is C14H19N3O6. The zero-order valence-corrected chi connectivity index (χ0v) is 12.7. The largest absolute Gasteiger partial charge is 0.377 e. The van der Waals surface area contributed by atoms with Crippen LogP contribution in [0, 0.1) is 0 Å². The summed E-state index contributed by atoms with van der Waals surface area (Å²) >= 11 is 0. The van der Waals surface area contributed by atoms with Crippen LogP contribution < -0.4 is 5.32 Å². The van der Waals surface area contributed by atoms with Gasteiger partial charge in [0.1, 0.15) is 0 Å². The molecule has 1 rings (SSSR count). The molecule has 126 valence electrons. The summed E-state index contributed by atoms with van der Waals surface area (Å²) in [6.07, 6.45) is 3.83. The van der Waals surface area contributed by atoms with Gasteiger partial charge in [-0.25, -0.2) is 9.79 Å². The van der Waals surface area contributed by atoms with Crippen LogP contribution in [0.25, 0.3) is 0 Å². The van der Waals surface area contributed by atoms with Crippen molar-refractivity contribution in [1.29, 1.82) is 0 Å². The third kappa shape index (κ3) is 8.01. The van der Waals surface area contributed by atoms with E-state index in [0.29, 0.717) is 33.0 Å². The average molecular weight is 325 g/mol. The number of rotatable bonds is 12. The van der Waals surface area contributed by atoms with Crippen LogP contribution in [0.3, 0.4) is 0 Å². The molecule has 0 aromatic carbocycles. The molecule has 0 aromatic rings. The first-order valence-corrected chi connectivity index (χ1v) is 7.14. The van der Waals surface area contributed by atoms with Gasteiger partial charge in [0.2, 0.25) is 12.0 Å². The van der Waals surface area contributed by atoms with Crippen LogP contribution in [0.1, 0.15) is 6.42 Å². The van der Waals surface area contributed by atoms with Gasteiger partial charge in [0.15, 0.2) is 0 Å². The third-order valence-electron chi connectivity index (χ3n) is 2.82. The summed E-state index contributed by atoms with van der Waals surface area (Å²) in [5.41, 5.74) is 0. The number of hydrogen-bond donors (Lipinski definition) is 1. The number of imide groups is 1. The van der Waals surface area contributed by atoms with E-state index in [1.807, 2.05) is 0 Å². The summed E-state index contributed by atoms with van der Waals surface area (Å²) in [6.45, 7) is 2.06. The van der Waals surface area contributed by atoms with Crippen molar-refractivity contribution in [3.8, 4) is 0 Å². The van der Waals surface area contributed by atoms with E-state index in [4.69, 9.17) is 9.47 Å². The molecule has 0 fully saturated rings. The molecule has 0 saturated carbocycles. The van der Waals surface area contributed by atoms with E-state index >= 15 is 0 Å². The van der Waals surface area contributed by atoms with Crippen molar-refractivity contribution in [2.45, 2.75) is 6.42 Å². The van der Waals surface area contributed by atoms with Gasteiger partial charge in [-0.2, -0.15) is 0 Å². The number of amides is 3. The molecule has 1 aliphatic rings. The Morgan fingerprint density at radius 1 is 1.13 bits per heavy atom. The molecule has 0 bridgehead atoms. The number of isocyanates is 1. The normalized spacial score (nSPS) is 13.3. The quantitative estimate of drug-likeness (QED) is 0.208. The SMILES string of the molecule is O=C=NCCOCCOCCNC(=O)CCN1C(=O)C=CC1=O. The molecule has 3 amide bonds. The summed E-state index contributed by atoms with van der Waals surface area (Å²) in [6, 6.07) is 0. The van der Waals surface area contributed by atoms with Crippen molar-refractivity contribution in [2.24, 2.45) is 4.99 Å². The lowest BCUT2D eigenvalue weighted by Crippen LogP contribution is -2.35. The predicted octanol–water partition coefficient (Wildman–Crippen LogP) is -1.21. The summed E-state index contributed by atoms with van der Waals surface area (Å²) in [5, 5.41) is 2.62. The Morgan fingerprint density at radius 2 is 1.78 bits per heavy atom. The Bertz CT molecular complexity index is 481. The molecular weight excluding hydrogens is 306 g/mol. The van der Waals surface area contributed by atoms with Gasteiger partial charge in [-0.05, 0) is 0 Å². The highest BCUT2D eigenvalue weighted by molar-refractivity contribution is 6.13. The molecule has 9 nitrogen and oxygen atoms in total. The van der Waals surface area contributed by atoms with Crippen molar-refractivity contribution in [3.05, 3.63) is 12.2 Å². The predicted molar refractivity (Wildman–Crippen MR) is 78.1 cm³/mol. The second-order valence-corrected chi connectivity index (χ2v) is 4.46. The van der Waals surface area contributed by atoms with Crippen molar-refractivity contribution in [3.63, 3.8) is 0 Å². The monoisotopic (exact) mass is 325 g/mol. The second-order valence-electron chi connectivity index (χ2n) is 4.46. The topological polar surface area (TPSA) is 114 Å². The third-order valence-corrected chi connectivity index (χ3v) is 2.82. The van der Waals surface area contributed by atoms with Gasteiger partial charge in [-0.15, -0.1) is 0 Å². The molecule has 0 spiro atoms. The van der Waals surface area contributed by atoms with Gasteiger partial charge in [-0.3, -0.25) is 19.3 Å². The Morgan fingerprint density at radius 3 is 2.43 bits per heavy atom. The molecule has 1 heterocycles. The number of ether oxygens (including phenoxy) is 2. The van der Waals surface area contributed by atoms with Crippen LogP contribution in [0.5, 0.6) is 0 Å². The zero-order valence-electron chi connectivity index (χ0n) is 12.7. The van der Waals surface area contributed by atoms with Gasteiger partial charge in [0.25, 0.3) is 11.8 Å². The van der Waals surface area contributed by atoms with E-state index in [2.05, 4.69) is 10.3 Å². The van der Waals surface area contributed by atoms with E-state index in [1.54, 1.807) is 0 Å². The fraction of sp³-hybridized carbons (Fsp3) is 0.571. The maximum Gasteiger partial charge on any atom is 0.253 e. The summed E-state index contributed by atoms with van der Waals surface area (Å²) < 4.78 is 10.3. The number of carbonyl (C=O) groups is 3. The highest BCUT2D eigenvalue weighted by Gasteiger charge is 2.23. The number of nitrogens with zero attached hydrogens (tertiary/aromatic N) is 2. The fourth-order valence-corrected chi connectivity index (χ4v) is 1.69.